The summed E-state index contributed by atoms with van der Waals surface area (Å²) < 4.78 is 12.0. The van der Waals surface area contributed by atoms with Crippen molar-refractivity contribution in [2.45, 2.75) is 13.0 Å². The van der Waals surface area contributed by atoms with Crippen molar-refractivity contribution >= 4 is 0 Å². The lowest BCUT2D eigenvalue weighted by atomic mass is 10.1. The first-order valence-electron chi connectivity index (χ1n) is 6.02. The molecule has 0 aliphatic heterocycles. The highest BCUT2D eigenvalue weighted by Gasteiger charge is 2.23. The summed E-state index contributed by atoms with van der Waals surface area (Å²) in [6, 6.07) is 1.55. The van der Waals surface area contributed by atoms with Crippen LogP contribution in [0.5, 0.6) is 11.8 Å². The third-order valence-electron chi connectivity index (χ3n) is 2.92. The molecule has 2 rings (SSSR count). The van der Waals surface area contributed by atoms with Crippen molar-refractivity contribution in [3.63, 3.8) is 0 Å². The van der Waals surface area contributed by atoms with Gasteiger partial charge in [0.2, 0.25) is 11.8 Å². The Bertz CT molecular complexity index is 598. The quantitative estimate of drug-likeness (QED) is 0.590. The van der Waals surface area contributed by atoms with E-state index >= 15 is 0 Å². The van der Waals surface area contributed by atoms with E-state index < -0.39 is 0 Å². The number of hydrogen-bond donors (Lipinski definition) is 2. The average molecular weight is 278 g/mol. The second-order valence-corrected chi connectivity index (χ2v) is 4.24. The molecule has 0 spiro atoms. The average Bonchev–Trinajstić information content (AvgIpc) is 2.79. The maximum absolute atomic E-state index is 5.66. The van der Waals surface area contributed by atoms with Crippen LogP contribution in [0.1, 0.15) is 23.1 Å². The molecule has 2 aromatic heterocycles. The predicted octanol–water partition coefficient (Wildman–Crippen LogP) is 0.0884. The summed E-state index contributed by atoms with van der Waals surface area (Å²) in [5.74, 6) is 6.39. The fourth-order valence-electron chi connectivity index (χ4n) is 2.02. The van der Waals surface area contributed by atoms with Gasteiger partial charge >= 0.3 is 0 Å². The second-order valence-electron chi connectivity index (χ2n) is 4.24. The molecule has 0 aliphatic rings. The van der Waals surface area contributed by atoms with Gasteiger partial charge in [0.25, 0.3) is 0 Å². The first-order valence-corrected chi connectivity index (χ1v) is 6.02. The van der Waals surface area contributed by atoms with Crippen LogP contribution in [0.25, 0.3) is 0 Å². The minimum Gasteiger partial charge on any atom is -0.480 e. The maximum atomic E-state index is 5.66. The van der Waals surface area contributed by atoms with Gasteiger partial charge in [-0.3, -0.25) is 10.5 Å². The SMILES string of the molecule is COc1cnc(C(NN)c2cc(C)nn2C)c(OC)n1. The Morgan fingerprint density at radius 3 is 2.60 bits per heavy atom. The number of hydrazine groups is 1. The molecular formula is C12H18N6O2. The molecule has 2 heterocycles. The molecule has 1 atom stereocenters. The summed E-state index contributed by atoms with van der Waals surface area (Å²) in [4.78, 5) is 8.53. The van der Waals surface area contributed by atoms with Crippen LogP contribution in [0.3, 0.4) is 0 Å². The van der Waals surface area contributed by atoms with Gasteiger partial charge in [-0.05, 0) is 13.0 Å². The van der Waals surface area contributed by atoms with Crippen LogP contribution in [-0.2, 0) is 7.05 Å². The highest BCUT2D eigenvalue weighted by atomic mass is 16.5. The highest BCUT2D eigenvalue weighted by Crippen LogP contribution is 2.27. The smallest absolute Gasteiger partial charge is 0.240 e. The fraction of sp³-hybridized carbons (Fsp3) is 0.417. The molecule has 2 aromatic rings. The predicted molar refractivity (Wildman–Crippen MR) is 72.2 cm³/mol. The summed E-state index contributed by atoms with van der Waals surface area (Å²) in [5, 5.41) is 4.30. The minimum absolute atomic E-state index is 0.353. The molecule has 8 heteroatoms. The number of methoxy groups -OCH3 is 2. The Morgan fingerprint density at radius 1 is 1.35 bits per heavy atom. The monoisotopic (exact) mass is 278 g/mol. The normalized spacial score (nSPS) is 12.2. The topological polar surface area (TPSA) is 100 Å². The van der Waals surface area contributed by atoms with Crippen LogP contribution < -0.4 is 20.7 Å². The van der Waals surface area contributed by atoms with Crippen molar-refractivity contribution in [3.8, 4) is 11.8 Å². The van der Waals surface area contributed by atoms with Gasteiger partial charge in [0.1, 0.15) is 11.7 Å². The van der Waals surface area contributed by atoms with Crippen molar-refractivity contribution in [3.05, 3.63) is 29.3 Å². The molecule has 0 fully saturated rings. The van der Waals surface area contributed by atoms with Crippen molar-refractivity contribution < 1.29 is 9.47 Å². The first kappa shape index (κ1) is 14.2. The molecule has 20 heavy (non-hydrogen) atoms. The van der Waals surface area contributed by atoms with E-state index in [0.717, 1.165) is 11.4 Å². The molecule has 0 saturated heterocycles. The number of rotatable bonds is 5. The lowest BCUT2D eigenvalue weighted by Gasteiger charge is -2.17. The summed E-state index contributed by atoms with van der Waals surface area (Å²) >= 11 is 0. The third-order valence-corrected chi connectivity index (χ3v) is 2.92. The number of aromatic nitrogens is 4. The number of nitrogens with zero attached hydrogens (tertiary/aromatic N) is 4. The van der Waals surface area contributed by atoms with Crippen LogP contribution >= 0.6 is 0 Å². The molecule has 108 valence electrons. The maximum Gasteiger partial charge on any atom is 0.240 e. The Balaban J connectivity index is 2.49. The van der Waals surface area contributed by atoms with E-state index in [-0.39, 0.29) is 6.04 Å². The van der Waals surface area contributed by atoms with E-state index in [1.165, 1.54) is 20.4 Å². The van der Waals surface area contributed by atoms with E-state index in [1.54, 1.807) is 4.68 Å². The minimum atomic E-state index is -0.380. The van der Waals surface area contributed by atoms with Crippen LogP contribution in [-0.4, -0.2) is 34.0 Å². The molecule has 3 N–H and O–H groups in total. The van der Waals surface area contributed by atoms with Gasteiger partial charge in [0, 0.05) is 7.05 Å². The summed E-state index contributed by atoms with van der Waals surface area (Å²) in [7, 11) is 4.89. The Labute approximate surface area is 116 Å². The van der Waals surface area contributed by atoms with Crippen molar-refractivity contribution in [2.24, 2.45) is 12.9 Å². The molecule has 0 saturated carbocycles. The zero-order valence-corrected chi connectivity index (χ0v) is 11.9. The van der Waals surface area contributed by atoms with E-state index in [4.69, 9.17) is 15.3 Å². The highest BCUT2D eigenvalue weighted by molar-refractivity contribution is 5.32. The number of ether oxygens (including phenoxy) is 2. The Hall–Kier alpha value is -2.19. The van der Waals surface area contributed by atoms with Crippen molar-refractivity contribution in [2.75, 3.05) is 14.2 Å². The largest absolute Gasteiger partial charge is 0.480 e. The number of nitrogens with one attached hydrogen (secondary N) is 1. The Morgan fingerprint density at radius 2 is 2.10 bits per heavy atom. The molecule has 0 bridgehead atoms. The van der Waals surface area contributed by atoms with Gasteiger partial charge in [-0.1, -0.05) is 0 Å². The van der Waals surface area contributed by atoms with Crippen LogP contribution in [0.4, 0.5) is 0 Å². The van der Waals surface area contributed by atoms with E-state index in [0.29, 0.717) is 17.5 Å². The van der Waals surface area contributed by atoms with Crippen LogP contribution in [0, 0.1) is 6.92 Å². The summed E-state index contributed by atoms with van der Waals surface area (Å²) in [6.45, 7) is 1.91. The molecule has 0 amide bonds. The Kier molecular flexibility index (Phi) is 4.16. The zero-order chi connectivity index (χ0) is 14.7. The van der Waals surface area contributed by atoms with E-state index in [9.17, 15) is 0 Å². The lowest BCUT2D eigenvalue weighted by molar-refractivity contribution is 0.351. The van der Waals surface area contributed by atoms with Gasteiger partial charge in [-0.25, -0.2) is 10.4 Å². The van der Waals surface area contributed by atoms with Gasteiger partial charge in [-0.2, -0.15) is 10.1 Å². The number of hydrogen-bond acceptors (Lipinski definition) is 7. The zero-order valence-electron chi connectivity index (χ0n) is 11.9. The first-order chi connectivity index (χ1) is 9.60. The summed E-state index contributed by atoms with van der Waals surface area (Å²) in [6.07, 6.45) is 1.52. The number of nitrogens with two attached hydrogens (primary N) is 1. The number of aryl methyl sites for hydroxylation is 2. The molecule has 0 aromatic carbocycles. The van der Waals surface area contributed by atoms with Crippen LogP contribution in [0.15, 0.2) is 12.3 Å². The van der Waals surface area contributed by atoms with Gasteiger partial charge < -0.3 is 9.47 Å². The molecule has 0 radical (unpaired) electrons. The molecule has 8 nitrogen and oxygen atoms in total. The van der Waals surface area contributed by atoms with E-state index in [2.05, 4.69) is 20.5 Å². The van der Waals surface area contributed by atoms with Crippen LogP contribution in [0.2, 0.25) is 0 Å². The van der Waals surface area contributed by atoms with Gasteiger partial charge in [-0.15, -0.1) is 0 Å². The molecular weight excluding hydrogens is 260 g/mol. The van der Waals surface area contributed by atoms with Gasteiger partial charge in [0.15, 0.2) is 0 Å². The summed E-state index contributed by atoms with van der Waals surface area (Å²) in [5.41, 5.74) is 5.04. The fourth-order valence-corrected chi connectivity index (χ4v) is 2.02. The van der Waals surface area contributed by atoms with Crippen molar-refractivity contribution in [1.82, 2.24) is 25.2 Å². The lowest BCUT2D eigenvalue weighted by Crippen LogP contribution is -2.31. The molecule has 1 unspecified atom stereocenters. The van der Waals surface area contributed by atoms with E-state index in [1.807, 2.05) is 20.0 Å². The third kappa shape index (κ3) is 2.56. The van der Waals surface area contributed by atoms with Crippen molar-refractivity contribution in [1.29, 1.82) is 0 Å². The van der Waals surface area contributed by atoms with Gasteiger partial charge in [0.05, 0.1) is 31.8 Å². The molecule has 0 aliphatic carbocycles. The second kappa shape index (κ2) is 5.85. The standard InChI is InChI=1S/C12H18N6O2/c1-7-5-8(18(2)17-7)10(16-13)11-12(20-4)15-9(19-3)6-14-11/h5-6,10,16H,13H2,1-4H3.